The van der Waals surface area contributed by atoms with Crippen molar-refractivity contribution < 1.29 is 0 Å². The zero-order valence-corrected chi connectivity index (χ0v) is 17.0. The second kappa shape index (κ2) is 9.41. The summed E-state index contributed by atoms with van der Waals surface area (Å²) in [4.78, 5) is 9.84. The summed E-state index contributed by atoms with van der Waals surface area (Å²) in [6.45, 7) is 7.78. The molecule has 2 aliphatic heterocycles. The lowest BCUT2D eigenvalue weighted by Crippen LogP contribution is -2.43. The van der Waals surface area contributed by atoms with Crippen LogP contribution in [-0.2, 0) is 13.6 Å². The maximum Gasteiger partial charge on any atom is 0.194 e. The van der Waals surface area contributed by atoms with Crippen LogP contribution in [0.3, 0.4) is 0 Å². The first-order valence-electron chi connectivity index (χ1n) is 9.45. The highest BCUT2D eigenvalue weighted by atomic mass is 32.2. The number of nitrogens with zero attached hydrogens (tertiary/aromatic N) is 6. The SMILES string of the molecule is CSCCCNC(=NCc1nnc(C)n1C)N1CCC(N2CC=CC2)C1. The molecule has 3 rings (SSSR count). The largest absolute Gasteiger partial charge is 0.356 e. The van der Waals surface area contributed by atoms with Gasteiger partial charge in [-0.1, -0.05) is 12.2 Å². The predicted octanol–water partition coefficient (Wildman–Crippen LogP) is 1.27. The normalized spacial score (nSPS) is 21.1. The topological polar surface area (TPSA) is 61.6 Å². The van der Waals surface area contributed by atoms with Gasteiger partial charge in [-0.3, -0.25) is 4.90 Å². The molecular formula is C18H31N7S. The average Bonchev–Trinajstić information content (AvgIpc) is 3.38. The average molecular weight is 378 g/mol. The Morgan fingerprint density at radius 1 is 1.35 bits per heavy atom. The number of hydrogen-bond acceptors (Lipinski definition) is 5. The van der Waals surface area contributed by atoms with Crippen LogP contribution >= 0.6 is 11.8 Å². The van der Waals surface area contributed by atoms with Crippen LogP contribution in [-0.4, -0.2) is 81.3 Å². The number of guanidine groups is 1. The molecule has 3 heterocycles. The Morgan fingerprint density at radius 3 is 2.85 bits per heavy atom. The minimum Gasteiger partial charge on any atom is -0.356 e. The van der Waals surface area contributed by atoms with Gasteiger partial charge in [0.15, 0.2) is 11.8 Å². The molecule has 1 fully saturated rings. The van der Waals surface area contributed by atoms with Crippen LogP contribution in [0.1, 0.15) is 24.5 Å². The molecule has 1 aromatic heterocycles. The molecule has 0 spiro atoms. The first-order chi connectivity index (χ1) is 12.7. The molecule has 0 aliphatic carbocycles. The van der Waals surface area contributed by atoms with Crippen LogP contribution in [0.2, 0.25) is 0 Å². The van der Waals surface area contributed by atoms with E-state index in [4.69, 9.17) is 4.99 Å². The lowest BCUT2D eigenvalue weighted by molar-refractivity contribution is 0.259. The van der Waals surface area contributed by atoms with E-state index >= 15 is 0 Å². The highest BCUT2D eigenvalue weighted by Crippen LogP contribution is 2.18. The van der Waals surface area contributed by atoms with Gasteiger partial charge < -0.3 is 14.8 Å². The molecule has 0 bridgehead atoms. The minimum atomic E-state index is 0.564. The fraction of sp³-hybridized carbons (Fsp3) is 0.722. The zero-order chi connectivity index (χ0) is 18.4. The first-order valence-corrected chi connectivity index (χ1v) is 10.8. The van der Waals surface area contributed by atoms with Crippen LogP contribution < -0.4 is 5.32 Å². The standard InChI is InChI=1S/C18H31N7S/c1-15-21-22-17(23(15)2)13-20-18(19-8-6-12-26-3)25-11-7-16(14-25)24-9-4-5-10-24/h4-5,16H,6-14H2,1-3H3,(H,19,20). The quantitative estimate of drug-likeness (QED) is 0.334. The molecule has 1 saturated heterocycles. The fourth-order valence-electron chi connectivity index (χ4n) is 3.44. The molecule has 2 aliphatic rings. The molecule has 1 unspecified atom stereocenters. The molecule has 1 N–H and O–H groups in total. The van der Waals surface area contributed by atoms with Crippen molar-refractivity contribution >= 4 is 17.7 Å². The number of thioether (sulfide) groups is 1. The number of hydrogen-bond donors (Lipinski definition) is 1. The van der Waals surface area contributed by atoms with Crippen molar-refractivity contribution in [3.63, 3.8) is 0 Å². The summed E-state index contributed by atoms with van der Waals surface area (Å²) in [5, 5.41) is 12.0. The van der Waals surface area contributed by atoms with Gasteiger partial charge in [-0.2, -0.15) is 11.8 Å². The third kappa shape index (κ3) is 4.79. The van der Waals surface area contributed by atoms with Crippen molar-refractivity contribution in [1.29, 1.82) is 0 Å². The van der Waals surface area contributed by atoms with Crippen LogP contribution in [0, 0.1) is 6.92 Å². The number of aromatic nitrogens is 3. The molecule has 0 amide bonds. The molecule has 1 atom stereocenters. The van der Waals surface area contributed by atoms with E-state index in [1.54, 1.807) is 0 Å². The van der Waals surface area contributed by atoms with Crippen LogP contribution in [0.5, 0.6) is 0 Å². The van der Waals surface area contributed by atoms with Crippen LogP contribution in [0.15, 0.2) is 17.1 Å². The maximum atomic E-state index is 4.88. The second-order valence-corrected chi connectivity index (χ2v) is 7.93. The minimum absolute atomic E-state index is 0.564. The second-order valence-electron chi connectivity index (χ2n) is 6.95. The van der Waals surface area contributed by atoms with Crippen LogP contribution in [0.25, 0.3) is 0 Å². The maximum absolute atomic E-state index is 4.88. The van der Waals surface area contributed by atoms with E-state index in [-0.39, 0.29) is 0 Å². The summed E-state index contributed by atoms with van der Waals surface area (Å²) in [5.74, 6) is 4.02. The monoisotopic (exact) mass is 377 g/mol. The van der Waals surface area contributed by atoms with Gasteiger partial charge in [-0.25, -0.2) is 4.99 Å². The Morgan fingerprint density at radius 2 is 2.15 bits per heavy atom. The van der Waals surface area contributed by atoms with E-state index in [0.717, 1.165) is 56.8 Å². The first kappa shape index (κ1) is 19.2. The van der Waals surface area contributed by atoms with E-state index in [9.17, 15) is 0 Å². The Bertz CT molecular complexity index is 631. The molecule has 0 aromatic carbocycles. The lowest BCUT2D eigenvalue weighted by Gasteiger charge is -2.25. The van der Waals surface area contributed by atoms with Crippen molar-refractivity contribution in [2.75, 3.05) is 44.7 Å². The highest BCUT2D eigenvalue weighted by Gasteiger charge is 2.29. The van der Waals surface area contributed by atoms with Gasteiger partial charge in [0.2, 0.25) is 0 Å². The number of nitrogens with one attached hydrogen (secondary N) is 1. The Kier molecular flexibility index (Phi) is 6.96. The van der Waals surface area contributed by atoms with E-state index in [0.29, 0.717) is 12.6 Å². The number of rotatable bonds is 7. The summed E-state index contributed by atoms with van der Waals surface area (Å²) in [6.07, 6.45) is 9.05. The molecule has 26 heavy (non-hydrogen) atoms. The molecule has 7 nitrogen and oxygen atoms in total. The fourth-order valence-corrected chi connectivity index (χ4v) is 3.88. The zero-order valence-electron chi connectivity index (χ0n) is 16.2. The third-order valence-electron chi connectivity index (χ3n) is 5.19. The van der Waals surface area contributed by atoms with Crippen molar-refractivity contribution in [3.05, 3.63) is 23.8 Å². The van der Waals surface area contributed by atoms with E-state index in [1.807, 2.05) is 30.3 Å². The predicted molar refractivity (Wildman–Crippen MR) is 109 cm³/mol. The van der Waals surface area contributed by atoms with E-state index in [1.165, 1.54) is 12.2 Å². The molecular weight excluding hydrogens is 346 g/mol. The highest BCUT2D eigenvalue weighted by molar-refractivity contribution is 7.98. The van der Waals surface area contributed by atoms with Crippen molar-refractivity contribution in [1.82, 2.24) is 29.9 Å². The molecule has 8 heteroatoms. The smallest absolute Gasteiger partial charge is 0.194 e. The number of likely N-dealkylation sites (tertiary alicyclic amines) is 1. The van der Waals surface area contributed by atoms with E-state index in [2.05, 4.69) is 43.7 Å². The van der Waals surface area contributed by atoms with E-state index < -0.39 is 0 Å². The van der Waals surface area contributed by atoms with Gasteiger partial charge in [-0.05, 0) is 31.8 Å². The molecule has 0 radical (unpaired) electrons. The summed E-state index contributed by atoms with van der Waals surface area (Å²) in [7, 11) is 2.00. The summed E-state index contributed by atoms with van der Waals surface area (Å²) < 4.78 is 2.01. The summed E-state index contributed by atoms with van der Waals surface area (Å²) >= 11 is 1.89. The van der Waals surface area contributed by atoms with Gasteiger partial charge in [0.05, 0.1) is 0 Å². The Hall–Kier alpha value is -1.54. The number of aryl methyl sites for hydroxylation is 1. The van der Waals surface area contributed by atoms with Crippen molar-refractivity contribution in [2.24, 2.45) is 12.0 Å². The summed E-state index contributed by atoms with van der Waals surface area (Å²) in [5.41, 5.74) is 0. The van der Waals surface area contributed by atoms with Crippen LogP contribution in [0.4, 0.5) is 0 Å². The molecule has 0 saturated carbocycles. The number of aliphatic imine (C=N–C) groups is 1. The van der Waals surface area contributed by atoms with Gasteiger partial charge in [-0.15, -0.1) is 10.2 Å². The Labute approximate surface area is 160 Å². The lowest BCUT2D eigenvalue weighted by atomic mass is 10.2. The van der Waals surface area contributed by atoms with Gasteiger partial charge in [0, 0.05) is 45.8 Å². The third-order valence-corrected chi connectivity index (χ3v) is 5.88. The Balaban J connectivity index is 1.62. The summed E-state index contributed by atoms with van der Waals surface area (Å²) in [6, 6.07) is 0.625. The van der Waals surface area contributed by atoms with Gasteiger partial charge >= 0.3 is 0 Å². The van der Waals surface area contributed by atoms with Gasteiger partial charge in [0.25, 0.3) is 0 Å². The van der Waals surface area contributed by atoms with Crippen molar-refractivity contribution in [3.8, 4) is 0 Å². The van der Waals surface area contributed by atoms with Gasteiger partial charge in [0.1, 0.15) is 12.4 Å². The molecule has 144 valence electrons. The molecule has 1 aromatic rings. The van der Waals surface area contributed by atoms with Crippen molar-refractivity contribution in [2.45, 2.75) is 32.4 Å².